The molecule has 118 valence electrons. The molecule has 1 aliphatic rings. The third kappa shape index (κ3) is 3.10. The van der Waals surface area contributed by atoms with Crippen molar-refractivity contribution < 1.29 is 13.5 Å². The first-order valence-electron chi connectivity index (χ1n) is 7.34. The maximum Gasteiger partial charge on any atom is 0.133 e. The number of aryl methyl sites for hydroxylation is 1. The molecule has 0 aliphatic carbocycles. The summed E-state index contributed by atoms with van der Waals surface area (Å²) in [6.07, 6.45) is 0. The van der Waals surface area contributed by atoms with E-state index in [0.29, 0.717) is 18.8 Å². The standard InChI is InChI=1S/C16H24F2N2O/c1-11-5-6-12(17)13(14(11)18)15(19-4)16(2,3)20-7-9-21-10-8-20/h5-6,15,19H,7-10H2,1-4H3. The summed E-state index contributed by atoms with van der Waals surface area (Å²) >= 11 is 0. The molecular weight excluding hydrogens is 274 g/mol. The first-order valence-corrected chi connectivity index (χ1v) is 7.34. The Kier molecular flexibility index (Phi) is 4.96. The number of benzene rings is 1. The van der Waals surface area contributed by atoms with Crippen LogP contribution in [0.25, 0.3) is 0 Å². The van der Waals surface area contributed by atoms with Crippen molar-refractivity contribution in [3.8, 4) is 0 Å². The molecule has 0 saturated carbocycles. The van der Waals surface area contributed by atoms with E-state index in [0.717, 1.165) is 13.1 Å². The molecule has 5 heteroatoms. The first kappa shape index (κ1) is 16.3. The van der Waals surface area contributed by atoms with E-state index in [2.05, 4.69) is 10.2 Å². The van der Waals surface area contributed by atoms with Crippen molar-refractivity contribution in [3.05, 3.63) is 34.9 Å². The van der Waals surface area contributed by atoms with Crippen molar-refractivity contribution in [3.63, 3.8) is 0 Å². The van der Waals surface area contributed by atoms with Crippen molar-refractivity contribution in [1.82, 2.24) is 10.2 Å². The zero-order valence-electron chi connectivity index (χ0n) is 13.2. The molecule has 0 amide bonds. The molecule has 1 fully saturated rings. The number of halogens is 2. The second-order valence-electron chi connectivity index (χ2n) is 6.07. The maximum absolute atomic E-state index is 14.5. The molecule has 0 radical (unpaired) electrons. The number of morpholine rings is 1. The first-order chi connectivity index (χ1) is 9.89. The highest BCUT2D eigenvalue weighted by Gasteiger charge is 2.39. The van der Waals surface area contributed by atoms with Crippen molar-refractivity contribution >= 4 is 0 Å². The number of hydrogen-bond acceptors (Lipinski definition) is 3. The van der Waals surface area contributed by atoms with E-state index < -0.39 is 23.2 Å². The van der Waals surface area contributed by atoms with Crippen LogP contribution in [-0.2, 0) is 4.74 Å². The Bertz CT molecular complexity index is 499. The Morgan fingerprint density at radius 3 is 2.43 bits per heavy atom. The third-order valence-electron chi connectivity index (χ3n) is 4.43. The quantitative estimate of drug-likeness (QED) is 0.925. The highest BCUT2D eigenvalue weighted by atomic mass is 19.1. The predicted octanol–water partition coefficient (Wildman–Crippen LogP) is 2.64. The van der Waals surface area contributed by atoms with Crippen LogP contribution in [0.5, 0.6) is 0 Å². The van der Waals surface area contributed by atoms with Gasteiger partial charge in [0.05, 0.1) is 19.3 Å². The van der Waals surface area contributed by atoms with Crippen molar-refractivity contribution in [2.24, 2.45) is 0 Å². The average Bonchev–Trinajstić information content (AvgIpc) is 2.48. The lowest BCUT2D eigenvalue weighted by Gasteiger charge is -2.46. The summed E-state index contributed by atoms with van der Waals surface area (Å²) in [5, 5.41) is 3.10. The summed E-state index contributed by atoms with van der Waals surface area (Å²) < 4.78 is 34.1. The van der Waals surface area contributed by atoms with Gasteiger partial charge in [0.15, 0.2) is 0 Å². The summed E-state index contributed by atoms with van der Waals surface area (Å²) in [5.41, 5.74) is 0.159. The fourth-order valence-electron chi connectivity index (χ4n) is 3.12. The van der Waals surface area contributed by atoms with Gasteiger partial charge in [-0.2, -0.15) is 0 Å². The minimum absolute atomic E-state index is 0.119. The number of ether oxygens (including phenoxy) is 1. The van der Waals surface area contributed by atoms with Crippen molar-refractivity contribution in [2.45, 2.75) is 32.4 Å². The molecule has 1 saturated heterocycles. The molecule has 3 nitrogen and oxygen atoms in total. The second-order valence-corrected chi connectivity index (χ2v) is 6.07. The number of rotatable bonds is 4. The zero-order valence-corrected chi connectivity index (χ0v) is 13.2. The normalized spacial score (nSPS) is 18.8. The maximum atomic E-state index is 14.5. The van der Waals surface area contributed by atoms with Gasteiger partial charge in [0.25, 0.3) is 0 Å². The topological polar surface area (TPSA) is 24.5 Å². The van der Waals surface area contributed by atoms with Crippen LogP contribution in [0.1, 0.15) is 31.0 Å². The minimum Gasteiger partial charge on any atom is -0.379 e. The van der Waals surface area contributed by atoms with Crippen LogP contribution in [0.15, 0.2) is 12.1 Å². The number of nitrogens with zero attached hydrogens (tertiary/aromatic N) is 1. The number of nitrogens with one attached hydrogen (secondary N) is 1. The van der Waals surface area contributed by atoms with Gasteiger partial charge in [-0.1, -0.05) is 6.07 Å². The Labute approximate surface area is 125 Å². The monoisotopic (exact) mass is 298 g/mol. The summed E-state index contributed by atoms with van der Waals surface area (Å²) in [7, 11) is 1.74. The van der Waals surface area contributed by atoms with Crippen LogP contribution in [0.2, 0.25) is 0 Å². The van der Waals surface area contributed by atoms with Gasteiger partial charge in [-0.25, -0.2) is 8.78 Å². The number of hydrogen-bond donors (Lipinski definition) is 1. The van der Waals surface area contributed by atoms with Gasteiger partial charge >= 0.3 is 0 Å². The molecule has 1 N–H and O–H groups in total. The van der Waals surface area contributed by atoms with Gasteiger partial charge in [0.2, 0.25) is 0 Å². The van der Waals surface area contributed by atoms with E-state index in [1.165, 1.54) is 12.1 Å². The molecule has 1 aromatic rings. The molecule has 0 spiro atoms. The lowest BCUT2D eigenvalue weighted by molar-refractivity contribution is -0.0237. The van der Waals surface area contributed by atoms with Gasteiger partial charge in [0.1, 0.15) is 11.6 Å². The lowest BCUT2D eigenvalue weighted by Crippen LogP contribution is -2.56. The SMILES string of the molecule is CNC(c1c(F)ccc(C)c1F)C(C)(C)N1CCOCC1. The molecule has 0 bridgehead atoms. The molecule has 2 rings (SSSR count). The molecule has 1 aliphatic heterocycles. The van der Waals surface area contributed by atoms with Crippen LogP contribution in [0.4, 0.5) is 8.78 Å². The van der Waals surface area contributed by atoms with E-state index in [4.69, 9.17) is 4.74 Å². The Morgan fingerprint density at radius 1 is 1.24 bits per heavy atom. The lowest BCUT2D eigenvalue weighted by atomic mass is 9.85. The van der Waals surface area contributed by atoms with Crippen LogP contribution in [0, 0.1) is 18.6 Å². The molecule has 1 aromatic carbocycles. The predicted molar refractivity (Wildman–Crippen MR) is 79.4 cm³/mol. The smallest absolute Gasteiger partial charge is 0.133 e. The van der Waals surface area contributed by atoms with Crippen molar-refractivity contribution in [1.29, 1.82) is 0 Å². The van der Waals surface area contributed by atoms with Gasteiger partial charge in [-0.3, -0.25) is 4.90 Å². The second kappa shape index (κ2) is 6.38. The molecular formula is C16H24F2N2O. The molecule has 21 heavy (non-hydrogen) atoms. The Hall–Kier alpha value is -1.04. The highest BCUT2D eigenvalue weighted by molar-refractivity contribution is 5.31. The van der Waals surface area contributed by atoms with E-state index in [1.54, 1.807) is 14.0 Å². The summed E-state index contributed by atoms with van der Waals surface area (Å²) in [6.45, 7) is 8.52. The third-order valence-corrected chi connectivity index (χ3v) is 4.43. The fraction of sp³-hybridized carbons (Fsp3) is 0.625. The van der Waals surface area contributed by atoms with E-state index in [-0.39, 0.29) is 5.56 Å². The van der Waals surface area contributed by atoms with E-state index in [1.807, 2.05) is 13.8 Å². The van der Waals surface area contributed by atoms with E-state index >= 15 is 0 Å². The molecule has 0 aromatic heterocycles. The minimum atomic E-state index is -0.501. The largest absolute Gasteiger partial charge is 0.379 e. The van der Waals surface area contributed by atoms with Gasteiger partial charge < -0.3 is 10.1 Å². The summed E-state index contributed by atoms with van der Waals surface area (Å²) in [6, 6.07) is 2.38. The fourth-order valence-corrected chi connectivity index (χ4v) is 3.12. The van der Waals surface area contributed by atoms with Crippen LogP contribution in [0.3, 0.4) is 0 Å². The van der Waals surface area contributed by atoms with Crippen LogP contribution >= 0.6 is 0 Å². The van der Waals surface area contributed by atoms with Crippen LogP contribution in [-0.4, -0.2) is 43.8 Å². The molecule has 1 unspecified atom stereocenters. The number of likely N-dealkylation sites (N-methyl/N-ethyl adjacent to an activating group) is 1. The summed E-state index contributed by atoms with van der Waals surface area (Å²) in [5.74, 6) is -0.963. The van der Waals surface area contributed by atoms with Gasteiger partial charge in [0, 0.05) is 24.2 Å². The van der Waals surface area contributed by atoms with Gasteiger partial charge in [-0.05, 0) is 39.4 Å². The average molecular weight is 298 g/mol. The van der Waals surface area contributed by atoms with E-state index in [9.17, 15) is 8.78 Å². The molecule has 1 heterocycles. The van der Waals surface area contributed by atoms with Gasteiger partial charge in [-0.15, -0.1) is 0 Å². The zero-order chi connectivity index (χ0) is 15.6. The van der Waals surface area contributed by atoms with Crippen LogP contribution < -0.4 is 5.32 Å². The highest BCUT2D eigenvalue weighted by Crippen LogP contribution is 2.35. The Balaban J connectivity index is 2.41. The summed E-state index contributed by atoms with van der Waals surface area (Å²) in [4.78, 5) is 2.22. The molecule has 1 atom stereocenters. The van der Waals surface area contributed by atoms with Crippen molar-refractivity contribution in [2.75, 3.05) is 33.4 Å². The Morgan fingerprint density at radius 2 is 1.86 bits per heavy atom.